The molecule has 110 valence electrons. The average Bonchev–Trinajstić information content (AvgIpc) is 2.44. The lowest BCUT2D eigenvalue weighted by atomic mass is 10.0. The Kier molecular flexibility index (Phi) is 5.54. The molecule has 0 radical (unpaired) electrons. The SMILES string of the molecule is Cc1cc(F)c(Br)cc1NC(=O)CCC1CCCCO1. The molecule has 0 aliphatic carbocycles. The maximum atomic E-state index is 13.3. The lowest BCUT2D eigenvalue weighted by Gasteiger charge is -2.22. The summed E-state index contributed by atoms with van der Waals surface area (Å²) >= 11 is 3.13. The summed E-state index contributed by atoms with van der Waals surface area (Å²) in [6, 6.07) is 3.00. The molecule has 3 nitrogen and oxygen atoms in total. The van der Waals surface area contributed by atoms with Gasteiger partial charge in [0.05, 0.1) is 10.6 Å². The number of halogens is 2. The Morgan fingerprint density at radius 2 is 2.30 bits per heavy atom. The van der Waals surface area contributed by atoms with Crippen LogP contribution < -0.4 is 5.32 Å². The van der Waals surface area contributed by atoms with Crippen LogP contribution in [0.3, 0.4) is 0 Å². The van der Waals surface area contributed by atoms with Crippen LogP contribution in [-0.4, -0.2) is 18.6 Å². The van der Waals surface area contributed by atoms with Gasteiger partial charge in [-0.1, -0.05) is 0 Å². The summed E-state index contributed by atoms with van der Waals surface area (Å²) < 4.78 is 19.3. The van der Waals surface area contributed by atoms with Gasteiger partial charge in [0.25, 0.3) is 0 Å². The molecule has 1 aromatic carbocycles. The van der Waals surface area contributed by atoms with Gasteiger partial charge in [-0.2, -0.15) is 0 Å². The van der Waals surface area contributed by atoms with Crippen LogP contribution in [0.1, 0.15) is 37.7 Å². The number of aryl methyl sites for hydroxylation is 1. The topological polar surface area (TPSA) is 38.3 Å². The van der Waals surface area contributed by atoms with E-state index in [-0.39, 0.29) is 17.8 Å². The van der Waals surface area contributed by atoms with Crippen LogP contribution in [0.4, 0.5) is 10.1 Å². The lowest BCUT2D eigenvalue weighted by molar-refractivity contribution is -0.117. The van der Waals surface area contributed by atoms with Gasteiger partial charge in [0.15, 0.2) is 0 Å². The summed E-state index contributed by atoms with van der Waals surface area (Å²) in [7, 11) is 0. The highest BCUT2D eigenvalue weighted by Crippen LogP contribution is 2.24. The standard InChI is InChI=1S/C15H19BrFNO2/c1-10-8-13(17)12(16)9-14(10)18-15(19)6-5-11-4-2-3-7-20-11/h8-9,11H,2-7H2,1H3,(H,18,19). The van der Waals surface area contributed by atoms with Crippen molar-refractivity contribution < 1.29 is 13.9 Å². The highest BCUT2D eigenvalue weighted by molar-refractivity contribution is 9.10. The molecule has 1 aromatic rings. The van der Waals surface area contributed by atoms with E-state index in [2.05, 4.69) is 21.2 Å². The molecule has 0 aromatic heterocycles. The first-order valence-corrected chi connectivity index (χ1v) is 7.72. The summed E-state index contributed by atoms with van der Waals surface area (Å²) in [6.45, 7) is 2.58. The highest BCUT2D eigenvalue weighted by Gasteiger charge is 2.16. The molecule has 1 atom stereocenters. The smallest absolute Gasteiger partial charge is 0.224 e. The van der Waals surface area contributed by atoms with Gasteiger partial charge in [-0.3, -0.25) is 4.79 Å². The van der Waals surface area contributed by atoms with Gasteiger partial charge in [-0.15, -0.1) is 0 Å². The van der Waals surface area contributed by atoms with E-state index in [1.54, 1.807) is 13.0 Å². The monoisotopic (exact) mass is 343 g/mol. The predicted octanol–water partition coefficient (Wildman–Crippen LogP) is 4.18. The van der Waals surface area contributed by atoms with Gasteiger partial charge in [0.2, 0.25) is 5.91 Å². The van der Waals surface area contributed by atoms with Gasteiger partial charge in [-0.05, 0) is 66.2 Å². The first kappa shape index (κ1) is 15.4. The minimum Gasteiger partial charge on any atom is -0.378 e. The van der Waals surface area contributed by atoms with Crippen LogP contribution >= 0.6 is 15.9 Å². The van der Waals surface area contributed by atoms with Crippen LogP contribution in [0.15, 0.2) is 16.6 Å². The van der Waals surface area contributed by atoms with Crippen LogP contribution in [-0.2, 0) is 9.53 Å². The fraction of sp³-hybridized carbons (Fsp3) is 0.533. The van der Waals surface area contributed by atoms with Crippen LogP contribution in [0.2, 0.25) is 0 Å². The van der Waals surface area contributed by atoms with Crippen molar-refractivity contribution in [3.8, 4) is 0 Å². The van der Waals surface area contributed by atoms with Gasteiger partial charge in [-0.25, -0.2) is 4.39 Å². The molecule has 1 aliphatic rings. The number of hydrogen-bond donors (Lipinski definition) is 1. The van der Waals surface area contributed by atoms with Gasteiger partial charge >= 0.3 is 0 Å². The van der Waals surface area contributed by atoms with Crippen molar-refractivity contribution in [2.75, 3.05) is 11.9 Å². The zero-order chi connectivity index (χ0) is 14.5. The van der Waals surface area contributed by atoms with Crippen molar-refractivity contribution >= 4 is 27.5 Å². The number of ether oxygens (including phenoxy) is 1. The first-order valence-electron chi connectivity index (χ1n) is 6.93. The number of rotatable bonds is 4. The molecule has 1 fully saturated rings. The minimum absolute atomic E-state index is 0.0548. The molecule has 0 saturated carbocycles. The Morgan fingerprint density at radius 3 is 3.00 bits per heavy atom. The van der Waals surface area contributed by atoms with Crippen molar-refractivity contribution in [2.45, 2.75) is 45.1 Å². The average molecular weight is 344 g/mol. The van der Waals surface area contributed by atoms with E-state index in [1.807, 2.05) is 0 Å². The number of anilines is 1. The Morgan fingerprint density at radius 1 is 1.50 bits per heavy atom. The number of hydrogen-bond acceptors (Lipinski definition) is 2. The summed E-state index contributed by atoms with van der Waals surface area (Å²) in [4.78, 5) is 11.9. The van der Waals surface area contributed by atoms with E-state index in [4.69, 9.17) is 4.74 Å². The van der Waals surface area contributed by atoms with E-state index >= 15 is 0 Å². The summed E-state index contributed by atoms with van der Waals surface area (Å²) in [5.74, 6) is -0.378. The second-order valence-corrected chi connectivity index (χ2v) is 6.01. The predicted molar refractivity (Wildman–Crippen MR) is 80.3 cm³/mol. The fourth-order valence-electron chi connectivity index (χ4n) is 2.32. The maximum absolute atomic E-state index is 13.3. The van der Waals surface area contributed by atoms with Crippen LogP contribution in [0, 0.1) is 12.7 Å². The van der Waals surface area contributed by atoms with Crippen molar-refractivity contribution in [1.29, 1.82) is 0 Å². The van der Waals surface area contributed by atoms with Crippen molar-refractivity contribution in [3.05, 3.63) is 28.0 Å². The third kappa shape index (κ3) is 4.28. The molecule has 20 heavy (non-hydrogen) atoms. The van der Waals surface area contributed by atoms with E-state index in [9.17, 15) is 9.18 Å². The Balaban J connectivity index is 1.86. The van der Waals surface area contributed by atoms with E-state index < -0.39 is 0 Å². The molecular weight excluding hydrogens is 325 g/mol. The van der Waals surface area contributed by atoms with Gasteiger partial charge in [0.1, 0.15) is 5.82 Å². The number of carbonyl (C=O) groups is 1. The number of benzene rings is 1. The molecule has 2 rings (SSSR count). The van der Waals surface area contributed by atoms with E-state index in [1.165, 1.54) is 12.5 Å². The Labute approximate surface area is 127 Å². The number of nitrogens with one attached hydrogen (secondary N) is 1. The number of amides is 1. The molecule has 1 unspecified atom stereocenters. The quantitative estimate of drug-likeness (QED) is 0.890. The molecule has 5 heteroatoms. The fourth-order valence-corrected chi connectivity index (χ4v) is 2.66. The van der Waals surface area contributed by atoms with Gasteiger partial charge < -0.3 is 10.1 Å². The van der Waals surface area contributed by atoms with Crippen molar-refractivity contribution in [2.24, 2.45) is 0 Å². The van der Waals surface area contributed by atoms with Crippen LogP contribution in [0.5, 0.6) is 0 Å². The lowest BCUT2D eigenvalue weighted by Crippen LogP contribution is -2.22. The third-order valence-electron chi connectivity index (χ3n) is 3.51. The third-order valence-corrected chi connectivity index (χ3v) is 4.12. The second-order valence-electron chi connectivity index (χ2n) is 5.16. The highest BCUT2D eigenvalue weighted by atomic mass is 79.9. The largest absolute Gasteiger partial charge is 0.378 e. The number of carbonyl (C=O) groups excluding carboxylic acids is 1. The molecular formula is C15H19BrFNO2. The van der Waals surface area contributed by atoms with Crippen molar-refractivity contribution in [1.82, 2.24) is 0 Å². The Hall–Kier alpha value is -0.940. The maximum Gasteiger partial charge on any atom is 0.224 e. The summed E-state index contributed by atoms with van der Waals surface area (Å²) in [5.41, 5.74) is 1.36. The normalized spacial score (nSPS) is 18.9. The van der Waals surface area contributed by atoms with Gasteiger partial charge in [0, 0.05) is 18.7 Å². The molecule has 1 amide bonds. The summed E-state index contributed by atoms with van der Waals surface area (Å²) in [5, 5.41) is 2.83. The minimum atomic E-state index is -0.323. The molecule has 1 saturated heterocycles. The molecule has 1 N–H and O–H groups in total. The summed E-state index contributed by atoms with van der Waals surface area (Å²) in [6.07, 6.45) is 4.71. The van der Waals surface area contributed by atoms with Crippen molar-refractivity contribution in [3.63, 3.8) is 0 Å². The first-order chi connectivity index (χ1) is 9.56. The molecule has 1 aliphatic heterocycles. The van der Waals surface area contributed by atoms with E-state index in [0.717, 1.165) is 25.9 Å². The second kappa shape index (κ2) is 7.18. The molecule has 0 bridgehead atoms. The molecule has 1 heterocycles. The zero-order valence-corrected chi connectivity index (χ0v) is 13.1. The Bertz CT molecular complexity index is 487. The zero-order valence-electron chi connectivity index (χ0n) is 11.5. The van der Waals surface area contributed by atoms with E-state index in [0.29, 0.717) is 22.1 Å². The van der Waals surface area contributed by atoms with Crippen LogP contribution in [0.25, 0.3) is 0 Å². The molecule has 0 spiro atoms.